The number of nitrogens with one attached hydrogen (secondary N) is 2. The highest BCUT2D eigenvalue weighted by molar-refractivity contribution is 6.30. The van der Waals surface area contributed by atoms with Gasteiger partial charge in [0, 0.05) is 22.7 Å². The molecule has 0 amide bonds. The zero-order valence-corrected chi connectivity index (χ0v) is 9.97. The van der Waals surface area contributed by atoms with E-state index in [4.69, 9.17) is 11.6 Å². The van der Waals surface area contributed by atoms with Gasteiger partial charge in [0.15, 0.2) is 0 Å². The van der Waals surface area contributed by atoms with Crippen LogP contribution in [0.15, 0.2) is 33.9 Å². The molecule has 0 aliphatic heterocycles. The van der Waals surface area contributed by atoms with Gasteiger partial charge in [0.2, 0.25) is 0 Å². The molecule has 0 unspecified atom stereocenters. The lowest BCUT2D eigenvalue weighted by atomic mass is 10.1. The molecule has 2 rings (SSSR count). The van der Waals surface area contributed by atoms with Gasteiger partial charge in [0.05, 0.1) is 0 Å². The number of rotatable bonds is 2. The standard InChI is InChI=1S/C12H11ClN2O2/c1-7-10(11(16)15-12(17)14-7)6-8-3-2-4-9(13)5-8/h2-5H,6H2,1H3,(H2,14,15,16,17). The van der Waals surface area contributed by atoms with E-state index in [0.717, 1.165) is 5.56 Å². The average molecular weight is 251 g/mol. The lowest BCUT2D eigenvalue weighted by Crippen LogP contribution is -2.27. The van der Waals surface area contributed by atoms with Gasteiger partial charge in [-0.15, -0.1) is 0 Å². The predicted molar refractivity (Wildman–Crippen MR) is 66.7 cm³/mol. The summed E-state index contributed by atoms with van der Waals surface area (Å²) in [5, 5.41) is 0.626. The van der Waals surface area contributed by atoms with Crippen molar-refractivity contribution < 1.29 is 0 Å². The van der Waals surface area contributed by atoms with Gasteiger partial charge >= 0.3 is 5.69 Å². The molecule has 1 heterocycles. The molecule has 17 heavy (non-hydrogen) atoms. The van der Waals surface area contributed by atoms with Crippen LogP contribution in [0.2, 0.25) is 5.02 Å². The van der Waals surface area contributed by atoms with Crippen LogP contribution in [0.1, 0.15) is 16.8 Å². The van der Waals surface area contributed by atoms with Crippen molar-refractivity contribution in [3.05, 3.63) is 66.9 Å². The Morgan fingerprint density at radius 3 is 2.65 bits per heavy atom. The molecule has 2 aromatic rings. The van der Waals surface area contributed by atoms with Crippen LogP contribution < -0.4 is 11.2 Å². The third-order valence-corrected chi connectivity index (χ3v) is 2.76. The van der Waals surface area contributed by atoms with Crippen molar-refractivity contribution in [1.29, 1.82) is 0 Å². The van der Waals surface area contributed by atoms with Gasteiger partial charge < -0.3 is 4.98 Å². The summed E-state index contributed by atoms with van der Waals surface area (Å²) in [7, 11) is 0. The summed E-state index contributed by atoms with van der Waals surface area (Å²) in [6.45, 7) is 1.70. The number of hydrogen-bond acceptors (Lipinski definition) is 2. The van der Waals surface area contributed by atoms with E-state index in [1.165, 1.54) is 0 Å². The molecule has 5 heteroatoms. The molecule has 0 aliphatic rings. The Labute approximate surface area is 102 Å². The number of aromatic nitrogens is 2. The van der Waals surface area contributed by atoms with Crippen molar-refractivity contribution >= 4 is 11.6 Å². The van der Waals surface area contributed by atoms with Crippen LogP contribution >= 0.6 is 11.6 Å². The Morgan fingerprint density at radius 1 is 1.24 bits per heavy atom. The molecule has 0 fully saturated rings. The van der Waals surface area contributed by atoms with Gasteiger partial charge in [-0.1, -0.05) is 23.7 Å². The molecule has 0 radical (unpaired) electrons. The average Bonchev–Trinajstić information content (AvgIpc) is 2.23. The summed E-state index contributed by atoms with van der Waals surface area (Å²) in [5.41, 5.74) is 1.22. The summed E-state index contributed by atoms with van der Waals surface area (Å²) in [6, 6.07) is 7.28. The van der Waals surface area contributed by atoms with Crippen molar-refractivity contribution in [3.8, 4) is 0 Å². The Hall–Kier alpha value is -1.81. The van der Waals surface area contributed by atoms with Crippen LogP contribution in [-0.2, 0) is 6.42 Å². The molecule has 0 bridgehead atoms. The van der Waals surface area contributed by atoms with E-state index >= 15 is 0 Å². The van der Waals surface area contributed by atoms with Gasteiger partial charge in [-0.25, -0.2) is 4.79 Å². The van der Waals surface area contributed by atoms with E-state index in [1.807, 2.05) is 12.1 Å². The molecular weight excluding hydrogens is 240 g/mol. The minimum Gasteiger partial charge on any atom is -0.311 e. The SMILES string of the molecule is Cc1[nH]c(=O)[nH]c(=O)c1Cc1cccc(Cl)c1. The highest BCUT2D eigenvalue weighted by Crippen LogP contribution is 2.13. The molecule has 0 spiro atoms. The van der Waals surface area contributed by atoms with E-state index in [0.29, 0.717) is 22.7 Å². The number of aromatic amines is 2. The first-order valence-electron chi connectivity index (χ1n) is 5.13. The number of hydrogen-bond donors (Lipinski definition) is 2. The van der Waals surface area contributed by atoms with E-state index in [9.17, 15) is 9.59 Å². The molecule has 0 atom stereocenters. The lowest BCUT2D eigenvalue weighted by Gasteiger charge is -2.04. The third kappa shape index (κ3) is 2.65. The topological polar surface area (TPSA) is 65.7 Å². The van der Waals surface area contributed by atoms with Crippen molar-refractivity contribution in [1.82, 2.24) is 9.97 Å². The van der Waals surface area contributed by atoms with Crippen molar-refractivity contribution in [2.45, 2.75) is 13.3 Å². The fourth-order valence-electron chi connectivity index (χ4n) is 1.69. The van der Waals surface area contributed by atoms with E-state index < -0.39 is 5.69 Å². The Bertz CT molecular complexity index is 658. The first-order valence-corrected chi connectivity index (χ1v) is 5.50. The normalized spacial score (nSPS) is 10.5. The maximum Gasteiger partial charge on any atom is 0.325 e. The maximum absolute atomic E-state index is 11.6. The predicted octanol–water partition coefficient (Wildman–Crippen LogP) is 1.62. The molecule has 1 aromatic carbocycles. The second-order valence-corrected chi connectivity index (χ2v) is 4.25. The van der Waals surface area contributed by atoms with Gasteiger partial charge in [0.25, 0.3) is 5.56 Å². The second-order valence-electron chi connectivity index (χ2n) is 3.82. The zero-order valence-electron chi connectivity index (χ0n) is 9.21. The molecule has 0 saturated carbocycles. The molecule has 4 nitrogen and oxygen atoms in total. The van der Waals surface area contributed by atoms with Crippen LogP contribution in [0.5, 0.6) is 0 Å². The number of halogens is 1. The van der Waals surface area contributed by atoms with Crippen molar-refractivity contribution in [2.24, 2.45) is 0 Å². The minimum absolute atomic E-state index is 0.355. The smallest absolute Gasteiger partial charge is 0.311 e. The fraction of sp³-hybridized carbons (Fsp3) is 0.167. The Morgan fingerprint density at radius 2 is 2.00 bits per heavy atom. The summed E-state index contributed by atoms with van der Waals surface area (Å²) in [5.74, 6) is 0. The second kappa shape index (κ2) is 4.59. The first kappa shape index (κ1) is 11.7. The monoisotopic (exact) mass is 250 g/mol. The van der Waals surface area contributed by atoms with Gasteiger partial charge in [0.1, 0.15) is 0 Å². The molecule has 0 aliphatic carbocycles. The van der Waals surface area contributed by atoms with Gasteiger partial charge in [-0.05, 0) is 24.6 Å². The molecule has 2 N–H and O–H groups in total. The van der Waals surface area contributed by atoms with Crippen molar-refractivity contribution in [2.75, 3.05) is 0 Å². The van der Waals surface area contributed by atoms with E-state index in [2.05, 4.69) is 9.97 Å². The van der Waals surface area contributed by atoms with Crippen LogP contribution in [0.4, 0.5) is 0 Å². The van der Waals surface area contributed by atoms with E-state index in [-0.39, 0.29) is 5.56 Å². The van der Waals surface area contributed by atoms with Gasteiger partial charge in [-0.3, -0.25) is 9.78 Å². The molecule has 0 saturated heterocycles. The highest BCUT2D eigenvalue weighted by atomic mass is 35.5. The van der Waals surface area contributed by atoms with Crippen LogP contribution in [0.25, 0.3) is 0 Å². The quantitative estimate of drug-likeness (QED) is 0.851. The van der Waals surface area contributed by atoms with Gasteiger partial charge in [-0.2, -0.15) is 0 Å². The van der Waals surface area contributed by atoms with Crippen LogP contribution in [0, 0.1) is 6.92 Å². The van der Waals surface area contributed by atoms with Crippen LogP contribution in [-0.4, -0.2) is 9.97 Å². The number of benzene rings is 1. The van der Waals surface area contributed by atoms with Crippen molar-refractivity contribution in [3.63, 3.8) is 0 Å². The van der Waals surface area contributed by atoms with E-state index in [1.54, 1.807) is 19.1 Å². The largest absolute Gasteiger partial charge is 0.325 e. The fourth-order valence-corrected chi connectivity index (χ4v) is 1.90. The molecule has 1 aromatic heterocycles. The summed E-state index contributed by atoms with van der Waals surface area (Å²) in [6.07, 6.45) is 0.443. The number of aryl methyl sites for hydroxylation is 1. The Kier molecular flexibility index (Phi) is 3.15. The first-order chi connectivity index (χ1) is 8.06. The number of H-pyrrole nitrogens is 2. The zero-order chi connectivity index (χ0) is 12.4. The maximum atomic E-state index is 11.6. The van der Waals surface area contributed by atoms with Crippen LogP contribution in [0.3, 0.4) is 0 Å². The highest BCUT2D eigenvalue weighted by Gasteiger charge is 2.06. The lowest BCUT2D eigenvalue weighted by molar-refractivity contribution is 0.934. The molecular formula is C12H11ClN2O2. The molecule has 88 valence electrons. The Balaban J connectivity index is 2.43. The third-order valence-electron chi connectivity index (χ3n) is 2.52. The summed E-state index contributed by atoms with van der Waals surface area (Å²) < 4.78 is 0. The minimum atomic E-state index is -0.484. The summed E-state index contributed by atoms with van der Waals surface area (Å²) >= 11 is 5.87. The summed E-state index contributed by atoms with van der Waals surface area (Å²) in [4.78, 5) is 27.5.